The minimum atomic E-state index is -0.712. The number of carbonyl (C=O) groups excluding carboxylic acids is 1. The summed E-state index contributed by atoms with van der Waals surface area (Å²) in [5.74, 6) is -0.545. The van der Waals surface area contributed by atoms with Crippen LogP contribution >= 0.6 is 0 Å². The number of hydrogen-bond acceptors (Lipinski definition) is 3. The first-order valence-corrected chi connectivity index (χ1v) is 7.27. The normalized spacial score (nSPS) is 13.6. The summed E-state index contributed by atoms with van der Waals surface area (Å²) in [6.45, 7) is 6.57. The first-order valence-electron chi connectivity index (χ1n) is 7.27. The van der Waals surface area contributed by atoms with Crippen LogP contribution in [0.2, 0.25) is 0 Å². The van der Waals surface area contributed by atoms with Crippen LogP contribution in [0.4, 0.5) is 4.39 Å². The van der Waals surface area contributed by atoms with E-state index >= 15 is 0 Å². The molecule has 1 aromatic carbocycles. The Kier molecular flexibility index (Phi) is 6.62. The predicted molar refractivity (Wildman–Crippen MR) is 81.9 cm³/mol. The largest absolute Gasteiger partial charge is 0.478 e. The fourth-order valence-electron chi connectivity index (χ4n) is 1.97. The fraction of sp³-hybridized carbons (Fsp3) is 0.562. The zero-order valence-electron chi connectivity index (χ0n) is 13.4. The monoisotopic (exact) mass is 296 g/mol. The molecule has 0 spiro atoms. The van der Waals surface area contributed by atoms with Crippen LogP contribution in [0.15, 0.2) is 18.2 Å². The van der Waals surface area contributed by atoms with Crippen molar-refractivity contribution in [3.05, 3.63) is 29.6 Å². The van der Waals surface area contributed by atoms with Gasteiger partial charge in [0, 0.05) is 20.1 Å². The molecule has 5 heteroatoms. The topological polar surface area (TPSA) is 41.6 Å². The number of rotatable bonds is 7. The van der Waals surface area contributed by atoms with Crippen LogP contribution in [0, 0.1) is 5.82 Å². The summed E-state index contributed by atoms with van der Waals surface area (Å²) in [4.78, 5) is 13.1. The molecule has 1 N–H and O–H groups in total. The first kappa shape index (κ1) is 17.4. The minimum absolute atomic E-state index is 0.0781. The quantitative estimate of drug-likeness (QED) is 0.841. The molecule has 4 nitrogen and oxygen atoms in total. The van der Waals surface area contributed by atoms with Crippen LogP contribution in [-0.4, -0.2) is 37.6 Å². The lowest BCUT2D eigenvalue weighted by Crippen LogP contribution is -2.35. The van der Waals surface area contributed by atoms with Crippen molar-refractivity contribution in [1.29, 1.82) is 0 Å². The number of amides is 1. The second kappa shape index (κ2) is 7.98. The van der Waals surface area contributed by atoms with Gasteiger partial charge in [0.15, 0.2) is 17.7 Å². The zero-order valence-corrected chi connectivity index (χ0v) is 13.4. The summed E-state index contributed by atoms with van der Waals surface area (Å²) in [5.41, 5.74) is 0.861. The van der Waals surface area contributed by atoms with Gasteiger partial charge in [-0.1, -0.05) is 13.0 Å². The standard InChI is InChI=1S/C16H25FN2O2/c1-6-9-18-11(2)13-7-8-15(14(17)10-13)21-12(3)16(20)19(4)5/h7-8,10-12,18H,6,9H2,1-5H3. The number of benzene rings is 1. The molecule has 0 saturated carbocycles. The maximum absolute atomic E-state index is 14.1. The lowest BCUT2D eigenvalue weighted by Gasteiger charge is -2.19. The molecule has 0 heterocycles. The van der Waals surface area contributed by atoms with Crippen molar-refractivity contribution in [2.24, 2.45) is 0 Å². The Morgan fingerprint density at radius 3 is 2.57 bits per heavy atom. The summed E-state index contributed by atoms with van der Waals surface area (Å²) >= 11 is 0. The third-order valence-electron chi connectivity index (χ3n) is 3.25. The molecule has 0 bridgehead atoms. The summed E-state index contributed by atoms with van der Waals surface area (Å²) < 4.78 is 19.5. The molecule has 118 valence electrons. The third-order valence-corrected chi connectivity index (χ3v) is 3.25. The van der Waals surface area contributed by atoms with Crippen molar-refractivity contribution < 1.29 is 13.9 Å². The molecule has 21 heavy (non-hydrogen) atoms. The molecule has 1 amide bonds. The molecule has 0 saturated heterocycles. The number of carbonyl (C=O) groups is 1. The molecule has 0 aliphatic heterocycles. The van der Waals surface area contributed by atoms with Gasteiger partial charge in [0.2, 0.25) is 0 Å². The zero-order chi connectivity index (χ0) is 16.0. The van der Waals surface area contributed by atoms with E-state index in [4.69, 9.17) is 4.74 Å². The molecule has 1 rings (SSSR count). The second-order valence-electron chi connectivity index (χ2n) is 5.36. The van der Waals surface area contributed by atoms with Gasteiger partial charge in [-0.05, 0) is 44.5 Å². The molecule has 1 aromatic rings. The summed E-state index contributed by atoms with van der Waals surface area (Å²) in [7, 11) is 3.28. The van der Waals surface area contributed by atoms with Gasteiger partial charge < -0.3 is 15.0 Å². The number of nitrogens with one attached hydrogen (secondary N) is 1. The van der Waals surface area contributed by atoms with Crippen LogP contribution < -0.4 is 10.1 Å². The van der Waals surface area contributed by atoms with Crippen molar-refractivity contribution in [2.75, 3.05) is 20.6 Å². The van der Waals surface area contributed by atoms with E-state index in [0.717, 1.165) is 18.5 Å². The maximum Gasteiger partial charge on any atom is 0.262 e. The van der Waals surface area contributed by atoms with E-state index < -0.39 is 11.9 Å². The highest BCUT2D eigenvalue weighted by molar-refractivity contribution is 5.80. The van der Waals surface area contributed by atoms with E-state index in [-0.39, 0.29) is 17.7 Å². The summed E-state index contributed by atoms with van der Waals surface area (Å²) in [6, 6.07) is 4.93. The van der Waals surface area contributed by atoms with Gasteiger partial charge in [-0.3, -0.25) is 4.79 Å². The lowest BCUT2D eigenvalue weighted by atomic mass is 10.1. The summed E-state index contributed by atoms with van der Waals surface area (Å²) in [5, 5.41) is 3.30. The van der Waals surface area contributed by atoms with Crippen LogP contribution in [0.5, 0.6) is 5.75 Å². The maximum atomic E-state index is 14.1. The van der Waals surface area contributed by atoms with E-state index in [9.17, 15) is 9.18 Å². The Hall–Kier alpha value is -1.62. The van der Waals surface area contributed by atoms with Gasteiger partial charge in [0.05, 0.1) is 0 Å². The average molecular weight is 296 g/mol. The van der Waals surface area contributed by atoms with Crippen LogP contribution in [0.25, 0.3) is 0 Å². The van der Waals surface area contributed by atoms with E-state index in [1.165, 1.54) is 11.0 Å². The predicted octanol–water partition coefficient (Wildman–Crippen LogP) is 2.74. The second-order valence-corrected chi connectivity index (χ2v) is 5.36. The Labute approximate surface area is 126 Å². The van der Waals surface area contributed by atoms with E-state index in [1.807, 2.05) is 13.0 Å². The van der Waals surface area contributed by atoms with E-state index in [2.05, 4.69) is 12.2 Å². The van der Waals surface area contributed by atoms with Gasteiger partial charge in [0.1, 0.15) is 0 Å². The molecule has 0 aliphatic rings. The highest BCUT2D eigenvalue weighted by atomic mass is 19.1. The van der Waals surface area contributed by atoms with Crippen molar-refractivity contribution >= 4 is 5.91 Å². The highest BCUT2D eigenvalue weighted by Gasteiger charge is 2.18. The van der Waals surface area contributed by atoms with Crippen LogP contribution in [0.3, 0.4) is 0 Å². The van der Waals surface area contributed by atoms with Gasteiger partial charge >= 0.3 is 0 Å². The number of ether oxygens (including phenoxy) is 1. The number of halogens is 1. The van der Waals surface area contributed by atoms with E-state index in [1.54, 1.807) is 27.1 Å². The van der Waals surface area contributed by atoms with Gasteiger partial charge in [-0.25, -0.2) is 4.39 Å². The molecule has 0 aromatic heterocycles. The molecule has 0 fully saturated rings. The third kappa shape index (κ3) is 5.01. The van der Waals surface area contributed by atoms with Crippen LogP contribution in [0.1, 0.15) is 38.8 Å². The molecule has 2 unspecified atom stereocenters. The van der Waals surface area contributed by atoms with Crippen molar-refractivity contribution in [3.63, 3.8) is 0 Å². The molecular weight excluding hydrogens is 271 g/mol. The number of hydrogen-bond donors (Lipinski definition) is 1. The SMILES string of the molecule is CCCNC(C)c1ccc(OC(C)C(=O)N(C)C)c(F)c1. The van der Waals surface area contributed by atoms with Gasteiger partial charge in [-0.2, -0.15) is 0 Å². The Balaban J connectivity index is 2.76. The van der Waals surface area contributed by atoms with Crippen molar-refractivity contribution in [2.45, 2.75) is 39.3 Å². The minimum Gasteiger partial charge on any atom is -0.478 e. The average Bonchev–Trinajstić information content (AvgIpc) is 2.45. The van der Waals surface area contributed by atoms with Crippen LogP contribution in [-0.2, 0) is 4.79 Å². The van der Waals surface area contributed by atoms with Gasteiger partial charge in [0.25, 0.3) is 5.91 Å². The first-order chi connectivity index (χ1) is 9.86. The molecule has 2 atom stereocenters. The van der Waals surface area contributed by atoms with Crippen molar-refractivity contribution in [3.8, 4) is 5.75 Å². The number of nitrogens with zero attached hydrogens (tertiary/aromatic N) is 1. The molecule has 0 aliphatic carbocycles. The highest BCUT2D eigenvalue weighted by Crippen LogP contribution is 2.23. The fourth-order valence-corrected chi connectivity index (χ4v) is 1.97. The summed E-state index contributed by atoms with van der Waals surface area (Å²) in [6.07, 6.45) is 0.314. The Morgan fingerprint density at radius 2 is 2.05 bits per heavy atom. The smallest absolute Gasteiger partial charge is 0.262 e. The lowest BCUT2D eigenvalue weighted by molar-refractivity contribution is -0.135. The Bertz CT molecular complexity index is 477. The van der Waals surface area contributed by atoms with Gasteiger partial charge in [-0.15, -0.1) is 0 Å². The molecular formula is C16H25FN2O2. The van der Waals surface area contributed by atoms with E-state index in [0.29, 0.717) is 0 Å². The van der Waals surface area contributed by atoms with Crippen molar-refractivity contribution in [1.82, 2.24) is 10.2 Å². The number of likely N-dealkylation sites (N-methyl/N-ethyl adjacent to an activating group) is 1. The molecule has 0 radical (unpaired) electrons. The Morgan fingerprint density at radius 1 is 1.38 bits per heavy atom.